The van der Waals surface area contributed by atoms with E-state index in [0.717, 1.165) is 22.4 Å². The van der Waals surface area contributed by atoms with Crippen molar-refractivity contribution in [3.8, 4) is 5.75 Å². The number of ether oxygens (including phenoxy) is 1. The number of rotatable bonds is 4. The fourth-order valence-electron chi connectivity index (χ4n) is 3.03. The normalized spacial score (nSPS) is 16.4. The van der Waals surface area contributed by atoms with Crippen molar-refractivity contribution in [1.29, 1.82) is 0 Å². The molecule has 0 spiro atoms. The van der Waals surface area contributed by atoms with Gasteiger partial charge in [-0.25, -0.2) is 4.79 Å². The van der Waals surface area contributed by atoms with Gasteiger partial charge in [0.05, 0.1) is 13.5 Å². The van der Waals surface area contributed by atoms with Gasteiger partial charge in [-0.05, 0) is 28.8 Å². The first kappa shape index (κ1) is 16.1. The fraction of sp³-hybridized carbons (Fsp3) is 0.263. The van der Waals surface area contributed by atoms with Crippen LogP contribution in [0.4, 0.5) is 0 Å². The van der Waals surface area contributed by atoms with Crippen LogP contribution in [0.15, 0.2) is 48.5 Å². The number of amides is 1. The van der Waals surface area contributed by atoms with Gasteiger partial charge in [0.25, 0.3) is 0 Å². The maximum atomic E-state index is 12.7. The second-order valence-electron chi connectivity index (χ2n) is 5.87. The molecule has 1 aliphatic rings. The lowest BCUT2D eigenvalue weighted by Gasteiger charge is -2.34. The Kier molecular flexibility index (Phi) is 4.51. The van der Waals surface area contributed by atoms with Gasteiger partial charge >= 0.3 is 5.97 Å². The molecule has 3 rings (SSSR count). The van der Waals surface area contributed by atoms with Crippen LogP contribution in [0.25, 0.3) is 0 Å². The second kappa shape index (κ2) is 6.74. The Morgan fingerprint density at radius 2 is 1.79 bits per heavy atom. The Morgan fingerprint density at radius 1 is 1.12 bits per heavy atom. The summed E-state index contributed by atoms with van der Waals surface area (Å²) in [4.78, 5) is 25.7. The lowest BCUT2D eigenvalue weighted by Crippen LogP contribution is -2.49. The van der Waals surface area contributed by atoms with Gasteiger partial charge in [-0.2, -0.15) is 0 Å². The molecule has 0 unspecified atom stereocenters. The largest absolute Gasteiger partial charge is 0.497 e. The van der Waals surface area contributed by atoms with Crippen LogP contribution in [0.5, 0.6) is 5.75 Å². The summed E-state index contributed by atoms with van der Waals surface area (Å²) in [5.41, 5.74) is 2.85. The molecular weight excluding hydrogens is 306 g/mol. The third-order valence-corrected chi connectivity index (χ3v) is 4.37. The molecule has 0 radical (unpaired) electrons. The smallest absolute Gasteiger partial charge is 0.326 e. The molecule has 0 bridgehead atoms. The zero-order valence-corrected chi connectivity index (χ0v) is 13.4. The highest BCUT2D eigenvalue weighted by Crippen LogP contribution is 2.24. The lowest BCUT2D eigenvalue weighted by molar-refractivity contribution is -0.151. The van der Waals surface area contributed by atoms with Crippen molar-refractivity contribution in [1.82, 2.24) is 4.90 Å². The highest BCUT2D eigenvalue weighted by Gasteiger charge is 2.34. The Labute approximate surface area is 140 Å². The zero-order valence-electron chi connectivity index (χ0n) is 13.4. The van der Waals surface area contributed by atoms with Gasteiger partial charge in [0, 0.05) is 13.0 Å². The van der Waals surface area contributed by atoms with E-state index in [-0.39, 0.29) is 12.3 Å². The van der Waals surface area contributed by atoms with Crippen molar-refractivity contribution >= 4 is 11.9 Å². The number of benzene rings is 2. The minimum absolute atomic E-state index is 0.177. The number of carbonyl (C=O) groups excluding carboxylic acids is 1. The first-order chi connectivity index (χ1) is 11.6. The number of nitrogens with zero attached hydrogens (tertiary/aromatic N) is 1. The molecule has 1 amide bonds. The number of hydrogen-bond donors (Lipinski definition) is 1. The van der Waals surface area contributed by atoms with Crippen LogP contribution in [0.1, 0.15) is 16.7 Å². The van der Waals surface area contributed by atoms with Crippen molar-refractivity contribution in [3.05, 3.63) is 65.2 Å². The summed E-state index contributed by atoms with van der Waals surface area (Å²) in [6.07, 6.45) is 0.524. The molecule has 1 N–H and O–H groups in total. The van der Waals surface area contributed by atoms with Crippen molar-refractivity contribution in [2.45, 2.75) is 25.4 Å². The fourth-order valence-corrected chi connectivity index (χ4v) is 3.03. The van der Waals surface area contributed by atoms with Crippen LogP contribution in [0.3, 0.4) is 0 Å². The Hall–Kier alpha value is -2.82. The predicted octanol–water partition coefficient (Wildman–Crippen LogP) is 2.28. The van der Waals surface area contributed by atoms with E-state index in [1.54, 1.807) is 19.2 Å². The van der Waals surface area contributed by atoms with Crippen LogP contribution >= 0.6 is 0 Å². The van der Waals surface area contributed by atoms with Gasteiger partial charge in [-0.15, -0.1) is 0 Å². The Balaban J connectivity index is 1.80. The van der Waals surface area contributed by atoms with Gasteiger partial charge < -0.3 is 14.7 Å². The SMILES string of the molecule is COc1ccc(CC(=O)N2Cc3ccccc3C[C@H]2C(=O)O)cc1. The summed E-state index contributed by atoms with van der Waals surface area (Å²) in [7, 11) is 1.59. The quantitative estimate of drug-likeness (QED) is 0.936. The molecule has 0 aromatic heterocycles. The molecule has 1 atom stereocenters. The van der Waals surface area contributed by atoms with E-state index in [2.05, 4.69) is 0 Å². The Bertz CT molecular complexity index is 754. The van der Waals surface area contributed by atoms with Gasteiger partial charge in [-0.3, -0.25) is 4.79 Å². The van der Waals surface area contributed by atoms with Gasteiger partial charge in [0.15, 0.2) is 0 Å². The second-order valence-corrected chi connectivity index (χ2v) is 5.87. The number of carboxylic acids is 1. The molecule has 0 aliphatic carbocycles. The van der Waals surface area contributed by atoms with Crippen molar-refractivity contribution in [2.75, 3.05) is 7.11 Å². The van der Waals surface area contributed by atoms with Gasteiger partial charge in [0.2, 0.25) is 5.91 Å². The third kappa shape index (κ3) is 3.25. The lowest BCUT2D eigenvalue weighted by atomic mass is 9.93. The van der Waals surface area contributed by atoms with Crippen molar-refractivity contribution in [2.24, 2.45) is 0 Å². The number of methoxy groups -OCH3 is 1. The van der Waals surface area contributed by atoms with Crippen molar-refractivity contribution in [3.63, 3.8) is 0 Å². The molecule has 124 valence electrons. The van der Waals surface area contributed by atoms with Crippen LogP contribution in [-0.4, -0.2) is 35.0 Å². The van der Waals surface area contributed by atoms with Crippen LogP contribution < -0.4 is 4.74 Å². The minimum Gasteiger partial charge on any atom is -0.497 e. The topological polar surface area (TPSA) is 66.8 Å². The molecule has 0 fully saturated rings. The maximum absolute atomic E-state index is 12.7. The first-order valence-electron chi connectivity index (χ1n) is 7.80. The van der Waals surface area contributed by atoms with Crippen LogP contribution in [0, 0.1) is 0 Å². The number of fused-ring (bicyclic) bond motifs is 1. The molecule has 5 heteroatoms. The van der Waals surface area contributed by atoms with E-state index in [9.17, 15) is 14.7 Å². The molecule has 2 aromatic carbocycles. The summed E-state index contributed by atoms with van der Waals surface area (Å²) in [6.45, 7) is 0.335. The van der Waals surface area contributed by atoms with Crippen LogP contribution in [0.2, 0.25) is 0 Å². The monoisotopic (exact) mass is 325 g/mol. The summed E-state index contributed by atoms with van der Waals surface area (Å²) in [6, 6.07) is 14.1. The van der Waals surface area contributed by atoms with E-state index in [4.69, 9.17) is 4.74 Å². The standard InChI is InChI=1S/C19H19NO4/c1-24-16-8-6-13(7-9-16)10-18(21)20-12-15-5-3-2-4-14(15)11-17(20)19(22)23/h2-9,17H,10-12H2,1H3,(H,22,23)/t17-/m0/s1. The molecule has 2 aromatic rings. The molecule has 0 saturated heterocycles. The van der Waals surface area contributed by atoms with E-state index < -0.39 is 12.0 Å². The van der Waals surface area contributed by atoms with Gasteiger partial charge in [0.1, 0.15) is 11.8 Å². The summed E-state index contributed by atoms with van der Waals surface area (Å²) in [5, 5.41) is 9.51. The molecule has 24 heavy (non-hydrogen) atoms. The number of carbonyl (C=O) groups is 2. The first-order valence-corrected chi connectivity index (χ1v) is 7.80. The molecular formula is C19H19NO4. The van der Waals surface area contributed by atoms with E-state index >= 15 is 0 Å². The number of carboxylic acid groups (broad SMARTS) is 1. The molecule has 5 nitrogen and oxygen atoms in total. The van der Waals surface area contributed by atoms with Gasteiger partial charge in [-0.1, -0.05) is 36.4 Å². The van der Waals surface area contributed by atoms with E-state index in [0.29, 0.717) is 13.0 Å². The maximum Gasteiger partial charge on any atom is 0.326 e. The molecule has 1 aliphatic heterocycles. The summed E-state index contributed by atoms with van der Waals surface area (Å²) < 4.78 is 5.10. The van der Waals surface area contributed by atoms with E-state index in [1.165, 1.54) is 4.90 Å². The average molecular weight is 325 g/mol. The molecule has 1 heterocycles. The van der Waals surface area contributed by atoms with Crippen LogP contribution in [-0.2, 0) is 29.0 Å². The third-order valence-electron chi connectivity index (χ3n) is 4.37. The highest BCUT2D eigenvalue weighted by molar-refractivity contribution is 5.85. The zero-order chi connectivity index (χ0) is 17.1. The number of aliphatic carboxylic acids is 1. The summed E-state index contributed by atoms with van der Waals surface area (Å²) in [5.74, 6) is -0.420. The highest BCUT2D eigenvalue weighted by atomic mass is 16.5. The summed E-state index contributed by atoms with van der Waals surface area (Å²) >= 11 is 0. The Morgan fingerprint density at radius 3 is 2.42 bits per heavy atom. The average Bonchev–Trinajstić information content (AvgIpc) is 2.61. The number of hydrogen-bond acceptors (Lipinski definition) is 3. The predicted molar refractivity (Wildman–Crippen MR) is 88.8 cm³/mol. The molecule has 0 saturated carbocycles. The van der Waals surface area contributed by atoms with Crippen molar-refractivity contribution < 1.29 is 19.4 Å². The minimum atomic E-state index is -0.965. The van der Waals surface area contributed by atoms with E-state index in [1.807, 2.05) is 36.4 Å².